The first-order valence-corrected chi connectivity index (χ1v) is 13.2. The predicted octanol–water partition coefficient (Wildman–Crippen LogP) is 7.80. The van der Waals surface area contributed by atoms with E-state index in [1.165, 1.54) is 11.8 Å². The Balaban J connectivity index is 2.11. The smallest absolute Gasteiger partial charge is 0.251 e. The summed E-state index contributed by atoms with van der Waals surface area (Å²) in [6, 6.07) is 3.45. The van der Waals surface area contributed by atoms with Crippen LogP contribution in [0.1, 0.15) is 47.4 Å². The fourth-order valence-corrected chi connectivity index (χ4v) is 4.81. The fourth-order valence-electron chi connectivity index (χ4n) is 3.72. The molecule has 0 radical (unpaired) electrons. The van der Waals surface area contributed by atoms with Crippen molar-refractivity contribution in [2.24, 2.45) is 0 Å². The summed E-state index contributed by atoms with van der Waals surface area (Å²) >= 11 is 4.60. The molecule has 0 aromatic heterocycles. The lowest BCUT2D eigenvalue weighted by atomic mass is 9.84. The molecule has 6 heteroatoms. The molecule has 1 amide bonds. The number of hydrogen-bond donors (Lipinski definition) is 1. The number of halogens is 1. The van der Waals surface area contributed by atoms with E-state index < -0.39 is 0 Å². The molecule has 0 atom stereocenters. The highest BCUT2D eigenvalue weighted by Crippen LogP contribution is 2.40. The Morgan fingerprint density at radius 2 is 2.03 bits per heavy atom. The van der Waals surface area contributed by atoms with Crippen molar-refractivity contribution in [3.8, 4) is 12.3 Å². The summed E-state index contributed by atoms with van der Waals surface area (Å²) in [6.07, 6.45) is 23.7. The normalized spacial score (nSPS) is 17.2. The molecule has 2 aliphatic carbocycles. The molecular weight excluding hydrogens is 546 g/mol. The van der Waals surface area contributed by atoms with Gasteiger partial charge >= 0.3 is 0 Å². The topological polar surface area (TPSA) is 63.2 Å². The van der Waals surface area contributed by atoms with Crippen LogP contribution in [0.4, 0.5) is 5.69 Å². The lowest BCUT2D eigenvalue weighted by Crippen LogP contribution is -2.24. The van der Waals surface area contributed by atoms with Crippen LogP contribution in [0.2, 0.25) is 0 Å². The zero-order valence-electron chi connectivity index (χ0n) is 20.6. The van der Waals surface area contributed by atoms with Crippen LogP contribution in [0.5, 0.6) is 0 Å². The molecule has 0 fully saturated rings. The first-order valence-electron chi connectivity index (χ1n) is 11.6. The second kappa shape index (κ2) is 13.0. The predicted molar refractivity (Wildman–Crippen MR) is 157 cm³/mol. The second-order valence-electron chi connectivity index (χ2n) is 8.19. The van der Waals surface area contributed by atoms with Gasteiger partial charge in [0, 0.05) is 32.9 Å². The minimum absolute atomic E-state index is 0.0929. The van der Waals surface area contributed by atoms with Gasteiger partial charge in [0.1, 0.15) is 0 Å². The molecule has 186 valence electrons. The van der Waals surface area contributed by atoms with Gasteiger partial charge in [-0.05, 0) is 60.5 Å². The van der Waals surface area contributed by atoms with Crippen LogP contribution in [-0.4, -0.2) is 17.5 Å². The van der Waals surface area contributed by atoms with Gasteiger partial charge in [0.05, 0.1) is 15.7 Å². The molecule has 0 saturated heterocycles. The molecule has 2 aliphatic rings. The van der Waals surface area contributed by atoms with Crippen LogP contribution >= 0.6 is 27.7 Å². The third-order valence-corrected chi connectivity index (χ3v) is 7.26. The third kappa shape index (κ3) is 6.97. The van der Waals surface area contributed by atoms with Gasteiger partial charge < -0.3 is 5.32 Å². The van der Waals surface area contributed by atoms with E-state index in [2.05, 4.69) is 33.7 Å². The highest BCUT2D eigenvalue weighted by molar-refractivity contribution is 9.12. The van der Waals surface area contributed by atoms with E-state index in [1.807, 2.05) is 44.2 Å². The third-order valence-electron chi connectivity index (χ3n) is 5.60. The number of anilines is 1. The lowest BCUT2D eigenvalue weighted by Gasteiger charge is -2.23. The summed E-state index contributed by atoms with van der Waals surface area (Å²) in [7, 11) is 0. The number of carbonyl (C=O) groups is 3. The van der Waals surface area contributed by atoms with Crippen LogP contribution in [0.3, 0.4) is 0 Å². The van der Waals surface area contributed by atoms with Gasteiger partial charge in [0.25, 0.3) is 5.91 Å². The Labute approximate surface area is 230 Å². The number of Topliss-reactive ketones (excluding diaryl/α,β-unsaturated/α-hetero) is 2. The van der Waals surface area contributed by atoms with E-state index in [4.69, 9.17) is 6.42 Å². The van der Waals surface area contributed by atoms with E-state index in [-0.39, 0.29) is 35.0 Å². The van der Waals surface area contributed by atoms with Crippen molar-refractivity contribution in [1.82, 2.24) is 0 Å². The number of hydrogen-bond acceptors (Lipinski definition) is 4. The van der Waals surface area contributed by atoms with Crippen molar-refractivity contribution < 1.29 is 14.4 Å². The monoisotopic (exact) mass is 571 g/mol. The van der Waals surface area contributed by atoms with Crippen LogP contribution < -0.4 is 5.32 Å². The largest absolute Gasteiger partial charge is 0.322 e. The zero-order chi connectivity index (χ0) is 26.9. The number of rotatable bonds is 7. The van der Waals surface area contributed by atoms with Crippen molar-refractivity contribution in [3.63, 3.8) is 0 Å². The SMILES string of the molecule is C#C/C(Br)=C\C=C1/CC(=O)c2c(NC(=O)C3=CC=C(C)C=CC3)ccc(SC(/C=C\C=C)=C/C)c2C1=O. The molecule has 37 heavy (non-hydrogen) atoms. The maximum absolute atomic E-state index is 13.7. The number of ketones is 2. The number of terminal acetylenes is 1. The molecule has 4 nitrogen and oxygen atoms in total. The number of benzene rings is 1. The number of carbonyl (C=O) groups excluding carboxylic acids is 3. The van der Waals surface area contributed by atoms with Gasteiger partial charge in [-0.3, -0.25) is 14.4 Å². The number of thioether (sulfide) groups is 1. The second-order valence-corrected chi connectivity index (χ2v) is 10.2. The Morgan fingerprint density at radius 1 is 1.24 bits per heavy atom. The molecule has 1 aromatic rings. The van der Waals surface area contributed by atoms with E-state index in [0.29, 0.717) is 32.6 Å². The van der Waals surface area contributed by atoms with Gasteiger partial charge in [0.2, 0.25) is 0 Å². The summed E-state index contributed by atoms with van der Waals surface area (Å²) in [6.45, 7) is 7.55. The van der Waals surface area contributed by atoms with E-state index in [0.717, 1.165) is 10.5 Å². The number of nitrogens with one attached hydrogen (secondary N) is 1. The zero-order valence-corrected chi connectivity index (χ0v) is 23.0. The molecule has 0 unspecified atom stereocenters. The summed E-state index contributed by atoms with van der Waals surface area (Å²) in [5.74, 6) is 1.59. The Bertz CT molecular complexity index is 1420. The van der Waals surface area contributed by atoms with Gasteiger partial charge in [-0.2, -0.15) is 0 Å². The Kier molecular flexibility index (Phi) is 9.85. The fraction of sp³-hybridized carbons (Fsp3) is 0.129. The standard InChI is InChI=1S/C31H26BrNO3S/c1-5-8-12-24(7-3)37-27-18-17-25(33-31(36)21-11-9-10-20(4)13-14-21)28-26(34)19-22(30(35)29(27)28)15-16-23(32)6-2/h2,5,7-10,12-18H,1,11,19H2,3-4H3,(H,33,36)/b12-8-,22-15+,23-16+,24-7+. The van der Waals surface area contributed by atoms with Crippen LogP contribution in [0, 0.1) is 12.3 Å². The molecule has 0 aliphatic heterocycles. The molecule has 0 bridgehead atoms. The molecule has 0 saturated carbocycles. The first kappa shape index (κ1) is 27.9. The minimum Gasteiger partial charge on any atom is -0.322 e. The van der Waals surface area contributed by atoms with Crippen molar-refractivity contribution in [1.29, 1.82) is 0 Å². The summed E-state index contributed by atoms with van der Waals surface area (Å²) in [5.41, 5.74) is 2.74. The summed E-state index contributed by atoms with van der Waals surface area (Å²) in [5, 5.41) is 2.88. The average molecular weight is 573 g/mol. The summed E-state index contributed by atoms with van der Waals surface area (Å²) < 4.78 is 0.461. The lowest BCUT2D eigenvalue weighted by molar-refractivity contribution is -0.112. The van der Waals surface area contributed by atoms with Gasteiger partial charge in [-0.25, -0.2) is 0 Å². The van der Waals surface area contributed by atoms with Gasteiger partial charge in [-0.1, -0.05) is 78.4 Å². The van der Waals surface area contributed by atoms with E-state index in [1.54, 1.807) is 42.5 Å². The van der Waals surface area contributed by atoms with Crippen molar-refractivity contribution >= 4 is 50.9 Å². The number of allylic oxidation sites excluding steroid dienone is 13. The maximum Gasteiger partial charge on any atom is 0.251 e. The quantitative estimate of drug-likeness (QED) is 0.157. The van der Waals surface area contributed by atoms with Crippen LogP contribution in [0.15, 0.2) is 110 Å². The average Bonchev–Trinajstić information content (AvgIpc) is 3.12. The van der Waals surface area contributed by atoms with Crippen molar-refractivity contribution in [2.45, 2.75) is 31.6 Å². The van der Waals surface area contributed by atoms with Gasteiger partial charge in [-0.15, -0.1) is 6.42 Å². The Hall–Kier alpha value is -3.66. The van der Waals surface area contributed by atoms with Crippen LogP contribution in [-0.2, 0) is 4.79 Å². The molecule has 3 rings (SSSR count). The van der Waals surface area contributed by atoms with E-state index in [9.17, 15) is 14.4 Å². The first-order chi connectivity index (χ1) is 17.8. The number of fused-ring (bicyclic) bond motifs is 1. The highest BCUT2D eigenvalue weighted by atomic mass is 79.9. The van der Waals surface area contributed by atoms with Crippen LogP contribution in [0.25, 0.3) is 0 Å². The van der Waals surface area contributed by atoms with Gasteiger partial charge in [0.15, 0.2) is 11.6 Å². The maximum atomic E-state index is 13.7. The minimum atomic E-state index is -0.316. The molecule has 1 N–H and O–H groups in total. The molecule has 0 heterocycles. The van der Waals surface area contributed by atoms with Crippen molar-refractivity contribution in [3.05, 3.63) is 117 Å². The molecular formula is C31H26BrNO3S. The Morgan fingerprint density at radius 3 is 2.73 bits per heavy atom. The highest BCUT2D eigenvalue weighted by Gasteiger charge is 2.33. The number of amides is 1. The molecule has 1 aromatic carbocycles. The molecule has 0 spiro atoms. The van der Waals surface area contributed by atoms with E-state index >= 15 is 0 Å². The van der Waals surface area contributed by atoms with Crippen molar-refractivity contribution in [2.75, 3.05) is 5.32 Å². The summed E-state index contributed by atoms with van der Waals surface area (Å²) in [4.78, 5) is 41.7.